The van der Waals surface area contributed by atoms with E-state index in [0.29, 0.717) is 11.8 Å². The average molecular weight is 363 g/mol. The summed E-state index contributed by atoms with van der Waals surface area (Å²) in [5, 5.41) is 14.8. The molecule has 0 amide bonds. The van der Waals surface area contributed by atoms with E-state index in [9.17, 15) is 0 Å². The molecule has 0 aliphatic heterocycles. The molecule has 0 atom stereocenters. The summed E-state index contributed by atoms with van der Waals surface area (Å²) in [5.74, 6) is 2.06. The number of anilines is 3. The van der Waals surface area contributed by atoms with Gasteiger partial charge in [-0.05, 0) is 48.6 Å². The van der Waals surface area contributed by atoms with Crippen LogP contribution in [0.1, 0.15) is 23.6 Å². The van der Waals surface area contributed by atoms with E-state index in [0.717, 1.165) is 30.8 Å². The van der Waals surface area contributed by atoms with Gasteiger partial charge in [0.05, 0.1) is 13.3 Å². The lowest BCUT2D eigenvalue weighted by molar-refractivity contribution is 0.414. The second kappa shape index (κ2) is 8.98. The number of aromatic nitrogens is 3. The van der Waals surface area contributed by atoms with Crippen LogP contribution in [0.25, 0.3) is 0 Å². The van der Waals surface area contributed by atoms with E-state index >= 15 is 0 Å². The van der Waals surface area contributed by atoms with Gasteiger partial charge in [-0.15, -0.1) is 5.10 Å². The van der Waals surface area contributed by atoms with Gasteiger partial charge in [0.2, 0.25) is 5.95 Å². The molecule has 3 aromatic rings. The number of ether oxygens (including phenoxy) is 1. The fourth-order valence-electron chi connectivity index (χ4n) is 2.88. The third-order valence-corrected chi connectivity index (χ3v) is 4.41. The van der Waals surface area contributed by atoms with Gasteiger partial charge in [-0.1, -0.05) is 37.3 Å². The van der Waals surface area contributed by atoms with E-state index in [1.807, 2.05) is 12.1 Å². The van der Waals surface area contributed by atoms with Crippen LogP contribution in [0.4, 0.5) is 17.5 Å². The molecular weight excluding hydrogens is 338 g/mol. The van der Waals surface area contributed by atoms with Crippen molar-refractivity contribution in [1.29, 1.82) is 0 Å². The molecule has 1 heterocycles. The molecular formula is C21H25N5O. The predicted octanol–water partition coefficient (Wildman–Crippen LogP) is 4.15. The maximum Gasteiger partial charge on any atom is 0.244 e. The van der Waals surface area contributed by atoms with Crippen LogP contribution in [0.2, 0.25) is 0 Å². The number of hydrogen-bond donors (Lipinski definition) is 2. The van der Waals surface area contributed by atoms with Gasteiger partial charge in [-0.2, -0.15) is 10.1 Å². The molecule has 27 heavy (non-hydrogen) atoms. The summed E-state index contributed by atoms with van der Waals surface area (Å²) in [6.07, 6.45) is 3.46. The topological polar surface area (TPSA) is 72.0 Å². The minimum absolute atomic E-state index is 0.514. The lowest BCUT2D eigenvalue weighted by Crippen LogP contribution is -2.10. The van der Waals surface area contributed by atoms with E-state index in [1.54, 1.807) is 13.3 Å². The lowest BCUT2D eigenvalue weighted by atomic mass is 10.1. The second-order valence-electron chi connectivity index (χ2n) is 6.28. The third-order valence-electron chi connectivity index (χ3n) is 4.41. The number of rotatable bonds is 8. The van der Waals surface area contributed by atoms with Crippen LogP contribution in [0, 0.1) is 6.92 Å². The van der Waals surface area contributed by atoms with Crippen molar-refractivity contribution in [3.05, 3.63) is 65.4 Å². The van der Waals surface area contributed by atoms with Crippen LogP contribution in [0.5, 0.6) is 5.75 Å². The standard InChI is InChI=1S/C21H25N5O/c1-4-17-7-5-6-15(2)20(17)24-19-14-23-26-21(25-19)22-13-12-16-8-10-18(27-3)11-9-16/h5-11,14H,4,12-13H2,1-3H3,(H2,22,24,25,26). The number of aryl methyl sites for hydroxylation is 2. The van der Waals surface area contributed by atoms with Crippen molar-refractivity contribution in [1.82, 2.24) is 15.2 Å². The highest BCUT2D eigenvalue weighted by molar-refractivity contribution is 5.64. The van der Waals surface area contributed by atoms with Gasteiger partial charge in [0.25, 0.3) is 0 Å². The number of nitrogens with one attached hydrogen (secondary N) is 2. The van der Waals surface area contributed by atoms with Crippen molar-refractivity contribution in [3.63, 3.8) is 0 Å². The van der Waals surface area contributed by atoms with Crippen molar-refractivity contribution in [2.75, 3.05) is 24.3 Å². The summed E-state index contributed by atoms with van der Waals surface area (Å²) < 4.78 is 5.18. The SMILES string of the molecule is CCc1cccc(C)c1Nc1cnnc(NCCc2ccc(OC)cc2)n1. The quantitative estimate of drug-likeness (QED) is 0.626. The summed E-state index contributed by atoms with van der Waals surface area (Å²) in [7, 11) is 1.67. The molecule has 6 heteroatoms. The summed E-state index contributed by atoms with van der Waals surface area (Å²) in [6, 6.07) is 14.3. The first-order valence-corrected chi connectivity index (χ1v) is 9.11. The Morgan fingerprint density at radius 3 is 2.63 bits per heavy atom. The first-order valence-electron chi connectivity index (χ1n) is 9.11. The molecule has 0 saturated carbocycles. The summed E-state index contributed by atoms with van der Waals surface area (Å²) in [5.41, 5.74) is 4.74. The van der Waals surface area contributed by atoms with Gasteiger partial charge in [0, 0.05) is 12.2 Å². The smallest absolute Gasteiger partial charge is 0.244 e. The molecule has 0 bridgehead atoms. The van der Waals surface area contributed by atoms with Gasteiger partial charge in [0.1, 0.15) is 5.75 Å². The summed E-state index contributed by atoms with van der Waals surface area (Å²) >= 11 is 0. The Bertz CT molecular complexity index is 880. The van der Waals surface area contributed by atoms with Gasteiger partial charge in [0.15, 0.2) is 5.82 Å². The Balaban J connectivity index is 1.62. The molecule has 3 rings (SSSR count). The largest absolute Gasteiger partial charge is 0.497 e. The van der Waals surface area contributed by atoms with Crippen molar-refractivity contribution >= 4 is 17.5 Å². The van der Waals surface area contributed by atoms with Gasteiger partial charge < -0.3 is 15.4 Å². The Morgan fingerprint density at radius 2 is 1.89 bits per heavy atom. The van der Waals surface area contributed by atoms with Gasteiger partial charge in [-0.3, -0.25) is 0 Å². The highest BCUT2D eigenvalue weighted by Crippen LogP contribution is 2.24. The van der Waals surface area contributed by atoms with Crippen molar-refractivity contribution in [2.24, 2.45) is 0 Å². The molecule has 0 unspecified atom stereocenters. The van der Waals surface area contributed by atoms with Crippen LogP contribution >= 0.6 is 0 Å². The van der Waals surface area contributed by atoms with E-state index in [4.69, 9.17) is 4.74 Å². The molecule has 2 aromatic carbocycles. The Morgan fingerprint density at radius 1 is 1.07 bits per heavy atom. The molecule has 0 fully saturated rings. The zero-order chi connectivity index (χ0) is 19.1. The normalized spacial score (nSPS) is 10.5. The van der Waals surface area contributed by atoms with Crippen molar-refractivity contribution < 1.29 is 4.74 Å². The van der Waals surface area contributed by atoms with Crippen LogP contribution < -0.4 is 15.4 Å². The summed E-state index contributed by atoms with van der Waals surface area (Å²) in [4.78, 5) is 4.53. The van der Waals surface area contributed by atoms with Crippen LogP contribution in [-0.4, -0.2) is 28.8 Å². The second-order valence-corrected chi connectivity index (χ2v) is 6.28. The minimum atomic E-state index is 0.514. The van der Waals surface area contributed by atoms with E-state index in [-0.39, 0.29) is 0 Å². The fraction of sp³-hybridized carbons (Fsp3) is 0.286. The maximum absolute atomic E-state index is 5.18. The average Bonchev–Trinajstić information content (AvgIpc) is 2.70. The van der Waals surface area contributed by atoms with Crippen LogP contribution in [0.3, 0.4) is 0 Å². The van der Waals surface area contributed by atoms with Gasteiger partial charge >= 0.3 is 0 Å². The van der Waals surface area contributed by atoms with Crippen LogP contribution in [0.15, 0.2) is 48.7 Å². The first kappa shape index (κ1) is 18.6. The number of methoxy groups -OCH3 is 1. The zero-order valence-corrected chi connectivity index (χ0v) is 16.0. The molecule has 0 radical (unpaired) electrons. The highest BCUT2D eigenvalue weighted by Gasteiger charge is 2.07. The molecule has 140 valence electrons. The number of para-hydroxylation sites is 1. The Kier molecular flexibility index (Phi) is 6.20. The molecule has 0 aliphatic carbocycles. The molecule has 0 saturated heterocycles. The fourth-order valence-corrected chi connectivity index (χ4v) is 2.88. The van der Waals surface area contributed by atoms with E-state index in [1.165, 1.54) is 16.7 Å². The molecule has 2 N–H and O–H groups in total. The zero-order valence-electron chi connectivity index (χ0n) is 16.0. The monoisotopic (exact) mass is 363 g/mol. The van der Waals surface area contributed by atoms with Crippen molar-refractivity contribution in [2.45, 2.75) is 26.7 Å². The number of nitrogens with zero attached hydrogens (tertiary/aromatic N) is 3. The first-order chi connectivity index (χ1) is 13.2. The van der Waals surface area contributed by atoms with E-state index in [2.05, 4.69) is 70.0 Å². The summed E-state index contributed by atoms with van der Waals surface area (Å²) in [6.45, 7) is 4.95. The lowest BCUT2D eigenvalue weighted by Gasteiger charge is -2.13. The molecule has 0 aliphatic rings. The predicted molar refractivity (Wildman–Crippen MR) is 109 cm³/mol. The number of benzene rings is 2. The minimum Gasteiger partial charge on any atom is -0.497 e. The Labute approximate surface area is 160 Å². The highest BCUT2D eigenvalue weighted by atomic mass is 16.5. The number of hydrogen-bond acceptors (Lipinski definition) is 6. The Hall–Kier alpha value is -3.15. The molecule has 0 spiro atoms. The molecule has 1 aromatic heterocycles. The maximum atomic E-state index is 5.18. The van der Waals surface area contributed by atoms with Crippen molar-refractivity contribution in [3.8, 4) is 5.75 Å². The van der Waals surface area contributed by atoms with E-state index < -0.39 is 0 Å². The van der Waals surface area contributed by atoms with Crippen LogP contribution in [-0.2, 0) is 12.8 Å². The third kappa shape index (κ3) is 4.94. The van der Waals surface area contributed by atoms with Gasteiger partial charge in [-0.25, -0.2) is 0 Å². The molecule has 6 nitrogen and oxygen atoms in total.